The summed E-state index contributed by atoms with van der Waals surface area (Å²) in [7, 11) is 1.47. The lowest BCUT2D eigenvalue weighted by Crippen LogP contribution is -2.16. The van der Waals surface area contributed by atoms with E-state index in [1.54, 1.807) is 12.1 Å². The number of anilines is 1. The van der Waals surface area contributed by atoms with E-state index in [9.17, 15) is 18.0 Å². The number of furan rings is 1. The molecule has 2 heterocycles. The predicted molar refractivity (Wildman–Crippen MR) is 109 cm³/mol. The number of nitrogens with one attached hydrogen (secondary N) is 1. The van der Waals surface area contributed by atoms with Gasteiger partial charge in [-0.3, -0.25) is 4.79 Å². The van der Waals surface area contributed by atoms with E-state index in [2.05, 4.69) is 10.3 Å². The van der Waals surface area contributed by atoms with Crippen LogP contribution in [-0.2, 0) is 0 Å². The van der Waals surface area contributed by atoms with E-state index in [1.165, 1.54) is 25.4 Å². The van der Waals surface area contributed by atoms with Crippen molar-refractivity contribution in [3.8, 4) is 5.75 Å². The predicted octanol–water partition coefficient (Wildman–Crippen LogP) is 5.90. The smallest absolute Gasteiger partial charge is 0.398 e. The topological polar surface area (TPSA) is 64.4 Å². The van der Waals surface area contributed by atoms with Crippen LogP contribution >= 0.6 is 11.8 Å². The first-order valence-electron chi connectivity index (χ1n) is 8.81. The van der Waals surface area contributed by atoms with Gasteiger partial charge in [0.15, 0.2) is 0 Å². The number of amides is 1. The van der Waals surface area contributed by atoms with Crippen LogP contribution in [0.4, 0.5) is 18.9 Å². The Morgan fingerprint density at radius 1 is 1.13 bits per heavy atom. The number of carbonyl (C=O) groups excluding carboxylic acids is 1. The summed E-state index contributed by atoms with van der Waals surface area (Å²) in [4.78, 5) is 16.7. The Balaban J connectivity index is 1.67. The highest BCUT2D eigenvalue weighted by Crippen LogP contribution is 2.37. The average molecular weight is 432 g/mol. The molecule has 154 valence electrons. The molecule has 0 radical (unpaired) electrons. The van der Waals surface area contributed by atoms with Gasteiger partial charge in [0.1, 0.15) is 21.9 Å². The van der Waals surface area contributed by atoms with E-state index in [0.29, 0.717) is 34.4 Å². The van der Waals surface area contributed by atoms with Gasteiger partial charge in [0.2, 0.25) is 0 Å². The third-order valence-corrected chi connectivity index (χ3v) is 5.41. The Morgan fingerprint density at radius 3 is 2.70 bits per heavy atom. The van der Waals surface area contributed by atoms with Crippen molar-refractivity contribution in [2.75, 3.05) is 18.2 Å². The molecule has 5 nitrogen and oxygen atoms in total. The lowest BCUT2D eigenvalue weighted by molar-refractivity contribution is -0.105. The molecule has 9 heteroatoms. The highest BCUT2D eigenvalue weighted by Gasteiger charge is 2.28. The molecule has 0 bridgehead atoms. The molecule has 0 fully saturated rings. The number of halogens is 3. The van der Waals surface area contributed by atoms with Crippen LogP contribution in [0.25, 0.3) is 21.9 Å². The fraction of sp³-hybridized carbons (Fsp3) is 0.143. The number of benzene rings is 2. The second kappa shape index (κ2) is 7.91. The van der Waals surface area contributed by atoms with E-state index in [0.717, 1.165) is 10.8 Å². The number of nitrogens with zero attached hydrogens (tertiary/aromatic N) is 1. The maximum absolute atomic E-state index is 12.8. The SMILES string of the molecule is COc1cc2c(cc1NC(=O)c1cccnc1SCC(F)(F)F)oc1ccccc12. The number of alkyl halides is 3. The van der Waals surface area contributed by atoms with Crippen LogP contribution < -0.4 is 10.1 Å². The van der Waals surface area contributed by atoms with Crippen molar-refractivity contribution < 1.29 is 27.1 Å². The zero-order chi connectivity index (χ0) is 21.3. The molecule has 0 aliphatic heterocycles. The number of hydrogen-bond acceptors (Lipinski definition) is 5. The van der Waals surface area contributed by atoms with Gasteiger partial charge in [-0.05, 0) is 24.3 Å². The van der Waals surface area contributed by atoms with E-state index in [-0.39, 0.29) is 10.6 Å². The first kappa shape index (κ1) is 20.1. The van der Waals surface area contributed by atoms with Gasteiger partial charge >= 0.3 is 6.18 Å². The monoisotopic (exact) mass is 432 g/mol. The third-order valence-electron chi connectivity index (χ3n) is 4.34. The number of thioether (sulfide) groups is 1. The first-order valence-corrected chi connectivity index (χ1v) is 9.79. The molecule has 0 aliphatic rings. The molecule has 0 spiro atoms. The standard InChI is InChI=1S/C21H15F3N2O3S/c1-28-18-9-14-12-5-2-3-7-16(12)29-17(14)10-15(18)26-19(27)13-6-4-8-25-20(13)30-11-21(22,23)24/h2-10H,11H2,1H3,(H,26,27). The maximum Gasteiger partial charge on any atom is 0.398 e. The lowest BCUT2D eigenvalue weighted by atomic mass is 10.1. The molecule has 2 aromatic carbocycles. The molecule has 1 amide bonds. The quantitative estimate of drug-likeness (QED) is 0.398. The van der Waals surface area contributed by atoms with Crippen molar-refractivity contribution in [1.29, 1.82) is 0 Å². The third kappa shape index (κ3) is 4.06. The summed E-state index contributed by atoms with van der Waals surface area (Å²) in [6, 6.07) is 13.8. The highest BCUT2D eigenvalue weighted by molar-refractivity contribution is 7.99. The molecule has 1 N–H and O–H groups in total. The second-order valence-electron chi connectivity index (χ2n) is 6.36. The van der Waals surface area contributed by atoms with Crippen LogP contribution in [0.1, 0.15) is 10.4 Å². The van der Waals surface area contributed by atoms with Crippen molar-refractivity contribution in [3.63, 3.8) is 0 Å². The molecule has 0 atom stereocenters. The zero-order valence-electron chi connectivity index (χ0n) is 15.6. The van der Waals surface area contributed by atoms with Gasteiger partial charge in [-0.2, -0.15) is 13.2 Å². The number of fused-ring (bicyclic) bond motifs is 3. The highest BCUT2D eigenvalue weighted by atomic mass is 32.2. The second-order valence-corrected chi connectivity index (χ2v) is 7.33. The van der Waals surface area contributed by atoms with Gasteiger partial charge in [0, 0.05) is 23.0 Å². The summed E-state index contributed by atoms with van der Waals surface area (Å²) in [5.74, 6) is -1.34. The molecule has 0 saturated carbocycles. The van der Waals surface area contributed by atoms with E-state index in [4.69, 9.17) is 9.15 Å². The van der Waals surface area contributed by atoms with Gasteiger partial charge in [0.25, 0.3) is 5.91 Å². The summed E-state index contributed by atoms with van der Waals surface area (Å²) >= 11 is 0.462. The van der Waals surface area contributed by atoms with Crippen molar-refractivity contribution in [2.45, 2.75) is 11.2 Å². The number of para-hydroxylation sites is 1. The summed E-state index contributed by atoms with van der Waals surface area (Å²) in [6.07, 6.45) is -3.03. The zero-order valence-corrected chi connectivity index (χ0v) is 16.4. The minimum atomic E-state index is -4.37. The van der Waals surface area contributed by atoms with Crippen molar-refractivity contribution in [1.82, 2.24) is 4.98 Å². The Hall–Kier alpha value is -3.20. The maximum atomic E-state index is 12.8. The number of aromatic nitrogens is 1. The number of hydrogen-bond donors (Lipinski definition) is 1. The van der Waals surface area contributed by atoms with Crippen LogP contribution in [-0.4, -0.2) is 29.9 Å². The summed E-state index contributed by atoms with van der Waals surface area (Å²) in [5, 5.41) is 4.42. The van der Waals surface area contributed by atoms with Crippen molar-refractivity contribution in [2.24, 2.45) is 0 Å². The molecular formula is C21H15F3N2O3S. The largest absolute Gasteiger partial charge is 0.495 e. The number of pyridine rings is 1. The molecule has 4 aromatic rings. The molecule has 0 aliphatic carbocycles. The minimum Gasteiger partial charge on any atom is -0.495 e. The summed E-state index contributed by atoms with van der Waals surface area (Å²) < 4.78 is 49.0. The van der Waals surface area contributed by atoms with Gasteiger partial charge in [-0.25, -0.2) is 4.98 Å². The van der Waals surface area contributed by atoms with Crippen LogP contribution in [0.5, 0.6) is 5.75 Å². The van der Waals surface area contributed by atoms with Gasteiger partial charge in [-0.15, -0.1) is 0 Å². The first-order chi connectivity index (χ1) is 14.4. The Morgan fingerprint density at radius 2 is 1.93 bits per heavy atom. The molecule has 4 rings (SSSR count). The fourth-order valence-electron chi connectivity index (χ4n) is 3.04. The van der Waals surface area contributed by atoms with Gasteiger partial charge in [0.05, 0.1) is 24.1 Å². The number of methoxy groups -OCH3 is 1. The summed E-state index contributed by atoms with van der Waals surface area (Å²) in [5.41, 5.74) is 1.62. The van der Waals surface area contributed by atoms with E-state index in [1.807, 2.05) is 24.3 Å². The molecule has 2 aromatic heterocycles. The summed E-state index contributed by atoms with van der Waals surface area (Å²) in [6.45, 7) is 0. The van der Waals surface area contributed by atoms with E-state index < -0.39 is 17.8 Å². The van der Waals surface area contributed by atoms with Crippen LogP contribution in [0.3, 0.4) is 0 Å². The Labute approximate surface area is 173 Å². The molecule has 0 saturated heterocycles. The van der Waals surface area contributed by atoms with Crippen LogP contribution in [0.15, 0.2) is 64.2 Å². The Bertz CT molecular complexity index is 1240. The molecular weight excluding hydrogens is 417 g/mol. The number of rotatable bonds is 5. The van der Waals surface area contributed by atoms with Gasteiger partial charge in [-0.1, -0.05) is 30.0 Å². The lowest BCUT2D eigenvalue weighted by Gasteiger charge is -2.12. The minimum absolute atomic E-state index is 0.00360. The molecule has 30 heavy (non-hydrogen) atoms. The van der Waals surface area contributed by atoms with Crippen molar-refractivity contribution in [3.05, 3.63) is 60.3 Å². The number of carbonyl (C=O) groups is 1. The number of ether oxygens (including phenoxy) is 1. The van der Waals surface area contributed by atoms with Crippen LogP contribution in [0, 0.1) is 0 Å². The fourth-order valence-corrected chi connectivity index (χ4v) is 3.79. The van der Waals surface area contributed by atoms with Gasteiger partial charge < -0.3 is 14.5 Å². The molecule has 0 unspecified atom stereocenters. The van der Waals surface area contributed by atoms with Crippen LogP contribution in [0.2, 0.25) is 0 Å². The van der Waals surface area contributed by atoms with Crippen molar-refractivity contribution >= 4 is 45.3 Å². The average Bonchev–Trinajstić information content (AvgIpc) is 3.08. The van der Waals surface area contributed by atoms with E-state index >= 15 is 0 Å². The Kier molecular flexibility index (Phi) is 5.29. The normalized spacial score (nSPS) is 11.7.